The highest BCUT2D eigenvalue weighted by Gasteiger charge is 2.27. The van der Waals surface area contributed by atoms with Gasteiger partial charge in [-0.25, -0.2) is 17.9 Å². The largest absolute Gasteiger partial charge is 0.494 e. The molecule has 33 heavy (non-hydrogen) atoms. The number of benzene rings is 2. The molecule has 0 amide bonds. The van der Waals surface area contributed by atoms with Crippen LogP contribution < -0.4 is 9.47 Å². The normalized spacial score (nSPS) is 11.9. The molecule has 10 heteroatoms. The van der Waals surface area contributed by atoms with E-state index in [4.69, 9.17) is 14.6 Å². The van der Waals surface area contributed by atoms with Crippen molar-refractivity contribution < 1.29 is 27.8 Å². The second-order valence-electron chi connectivity index (χ2n) is 8.64. The predicted octanol–water partition coefficient (Wildman–Crippen LogP) is 3.49. The molecule has 0 radical (unpaired) electrons. The molecule has 9 nitrogen and oxygen atoms in total. The highest BCUT2D eigenvalue weighted by molar-refractivity contribution is 7.91. The van der Waals surface area contributed by atoms with Gasteiger partial charge in [0.25, 0.3) is 0 Å². The summed E-state index contributed by atoms with van der Waals surface area (Å²) in [5, 5.41) is 16.7. The number of sulfone groups is 1. The molecule has 0 fully saturated rings. The highest BCUT2D eigenvalue weighted by Crippen LogP contribution is 2.33. The maximum absolute atomic E-state index is 13.3. The number of carboxylic acid groups (broad SMARTS) is 1. The number of aryl methyl sites for hydroxylation is 1. The van der Waals surface area contributed by atoms with Crippen molar-refractivity contribution in [3.8, 4) is 17.2 Å². The van der Waals surface area contributed by atoms with E-state index in [2.05, 4.69) is 31.1 Å². The quantitative estimate of drug-likeness (QED) is 0.554. The Bertz CT molecular complexity index is 1290. The Balaban J connectivity index is 2.03. The maximum Gasteiger partial charge on any atom is 0.341 e. The first-order chi connectivity index (χ1) is 15.4. The van der Waals surface area contributed by atoms with Crippen molar-refractivity contribution in [3.63, 3.8) is 0 Å². The topological polar surface area (TPSA) is 121 Å². The Kier molecular flexibility index (Phi) is 6.51. The number of carbonyl (C=O) groups is 1. The summed E-state index contributed by atoms with van der Waals surface area (Å²) in [5.41, 5.74) is 2.31. The van der Waals surface area contributed by atoms with Crippen LogP contribution in [0.1, 0.15) is 37.6 Å². The zero-order valence-electron chi connectivity index (χ0n) is 19.4. The molecule has 2 aromatic carbocycles. The first-order valence-corrected chi connectivity index (χ1v) is 11.7. The molecule has 0 aliphatic carbocycles. The average molecular weight is 474 g/mol. The molecule has 176 valence electrons. The molecule has 0 aliphatic heterocycles. The molecule has 3 rings (SSSR count). The van der Waals surface area contributed by atoms with Gasteiger partial charge in [0.2, 0.25) is 14.9 Å². The first kappa shape index (κ1) is 24.2. The Morgan fingerprint density at radius 3 is 2.27 bits per heavy atom. The number of carboxylic acids is 1. The van der Waals surface area contributed by atoms with E-state index < -0.39 is 22.4 Å². The molecule has 1 N–H and O–H groups in total. The van der Waals surface area contributed by atoms with Crippen LogP contribution in [0.15, 0.2) is 46.3 Å². The summed E-state index contributed by atoms with van der Waals surface area (Å²) in [6, 6.07) is 9.96. The van der Waals surface area contributed by atoms with Gasteiger partial charge in [0.1, 0.15) is 17.2 Å². The van der Waals surface area contributed by atoms with Gasteiger partial charge in [-0.3, -0.25) is 0 Å². The van der Waals surface area contributed by atoms with E-state index >= 15 is 0 Å². The van der Waals surface area contributed by atoms with E-state index in [-0.39, 0.29) is 15.3 Å². The zero-order chi connectivity index (χ0) is 24.6. The van der Waals surface area contributed by atoms with E-state index in [0.717, 1.165) is 5.56 Å². The average Bonchev–Trinajstić information content (AvgIpc) is 3.14. The molecule has 0 atom stereocenters. The number of nitrogens with zero attached hydrogens (tertiary/aromatic N) is 3. The zero-order valence-corrected chi connectivity index (χ0v) is 20.2. The Labute approximate surface area is 192 Å². The SMILES string of the molecule is COc1cc(OCC(=O)O)c(C)cc1-n1nnc(S(=O)(=O)c2ccc(C(C)(C)C)cc2)c1C. The van der Waals surface area contributed by atoms with Gasteiger partial charge in [0.05, 0.1) is 17.7 Å². The number of ether oxygens (including phenoxy) is 2. The molecule has 0 saturated heterocycles. The summed E-state index contributed by atoms with van der Waals surface area (Å²) in [6.07, 6.45) is 0. The molecule has 0 aliphatic rings. The van der Waals surface area contributed by atoms with Crippen LogP contribution in [-0.2, 0) is 20.0 Å². The Hall–Kier alpha value is -3.40. The third-order valence-corrected chi connectivity index (χ3v) is 6.97. The van der Waals surface area contributed by atoms with E-state index in [1.165, 1.54) is 17.9 Å². The standard InChI is InChI=1S/C23H27N3O6S/c1-14-11-18(20(31-6)12-19(14)32-13-21(27)28)26-15(2)22(24-25-26)33(29,30)17-9-7-16(8-10-17)23(3,4)5/h7-12H,13H2,1-6H3,(H,27,28). The fourth-order valence-corrected chi connectivity index (χ4v) is 4.65. The molecule has 0 unspecified atom stereocenters. The summed E-state index contributed by atoms with van der Waals surface area (Å²) in [4.78, 5) is 10.9. The minimum Gasteiger partial charge on any atom is -0.494 e. The number of aromatic nitrogens is 3. The van der Waals surface area contributed by atoms with Gasteiger partial charge >= 0.3 is 5.97 Å². The van der Waals surface area contributed by atoms with Crippen molar-refractivity contribution in [1.29, 1.82) is 0 Å². The van der Waals surface area contributed by atoms with Crippen molar-refractivity contribution in [1.82, 2.24) is 15.0 Å². The van der Waals surface area contributed by atoms with E-state index in [1.807, 2.05) is 0 Å². The molecule has 3 aromatic rings. The van der Waals surface area contributed by atoms with Gasteiger partial charge in [-0.05, 0) is 48.6 Å². The van der Waals surface area contributed by atoms with Crippen LogP contribution in [0.2, 0.25) is 0 Å². The monoisotopic (exact) mass is 473 g/mol. The van der Waals surface area contributed by atoms with E-state index in [1.54, 1.807) is 44.2 Å². The molecule has 1 heterocycles. The van der Waals surface area contributed by atoms with Crippen molar-refractivity contribution in [2.45, 2.75) is 50.0 Å². The number of hydrogen-bond donors (Lipinski definition) is 1. The number of methoxy groups -OCH3 is 1. The van der Waals surface area contributed by atoms with E-state index in [9.17, 15) is 13.2 Å². The lowest BCUT2D eigenvalue weighted by molar-refractivity contribution is -0.139. The van der Waals surface area contributed by atoms with Crippen molar-refractivity contribution in [3.05, 3.63) is 53.2 Å². The number of aliphatic carboxylic acids is 1. The van der Waals surface area contributed by atoms with Gasteiger partial charge in [0.15, 0.2) is 6.61 Å². The summed E-state index contributed by atoms with van der Waals surface area (Å²) in [5.74, 6) is -0.440. The fraction of sp³-hybridized carbons (Fsp3) is 0.348. The van der Waals surface area contributed by atoms with Gasteiger partial charge < -0.3 is 14.6 Å². The maximum atomic E-state index is 13.3. The van der Waals surface area contributed by atoms with Gasteiger partial charge in [-0.1, -0.05) is 38.1 Å². The van der Waals surface area contributed by atoms with E-state index in [0.29, 0.717) is 28.4 Å². The second kappa shape index (κ2) is 8.86. The molecule has 0 spiro atoms. The third-order valence-electron chi connectivity index (χ3n) is 5.19. The third kappa shape index (κ3) is 4.85. The number of hydrogen-bond acceptors (Lipinski definition) is 7. The van der Waals surface area contributed by atoms with Crippen LogP contribution in [0, 0.1) is 13.8 Å². The summed E-state index contributed by atoms with van der Waals surface area (Å²) < 4.78 is 38.6. The second-order valence-corrected chi connectivity index (χ2v) is 10.5. The van der Waals surface area contributed by atoms with Crippen LogP contribution in [0.25, 0.3) is 5.69 Å². The summed E-state index contributed by atoms with van der Waals surface area (Å²) in [7, 11) is -2.46. The first-order valence-electron chi connectivity index (χ1n) is 10.2. The smallest absolute Gasteiger partial charge is 0.341 e. The van der Waals surface area contributed by atoms with Crippen LogP contribution >= 0.6 is 0 Å². The summed E-state index contributed by atoms with van der Waals surface area (Å²) >= 11 is 0. The summed E-state index contributed by atoms with van der Waals surface area (Å²) in [6.45, 7) is 9.02. The van der Waals surface area contributed by atoms with Gasteiger partial charge in [-0.15, -0.1) is 5.10 Å². The molecular formula is C23H27N3O6S. The lowest BCUT2D eigenvalue weighted by atomic mass is 9.87. The Morgan fingerprint density at radius 1 is 1.09 bits per heavy atom. The molecule has 0 saturated carbocycles. The lowest BCUT2D eigenvalue weighted by Crippen LogP contribution is -2.12. The van der Waals surface area contributed by atoms with Crippen LogP contribution in [0.4, 0.5) is 0 Å². The number of rotatable bonds is 7. The van der Waals surface area contributed by atoms with Crippen molar-refractivity contribution in [2.24, 2.45) is 0 Å². The Morgan fingerprint density at radius 2 is 1.73 bits per heavy atom. The molecule has 1 aromatic heterocycles. The minimum atomic E-state index is -3.90. The van der Waals surface area contributed by atoms with Gasteiger partial charge in [0, 0.05) is 6.07 Å². The fourth-order valence-electron chi connectivity index (χ4n) is 3.32. The molecule has 0 bridgehead atoms. The predicted molar refractivity (Wildman–Crippen MR) is 121 cm³/mol. The van der Waals surface area contributed by atoms with Crippen molar-refractivity contribution >= 4 is 15.8 Å². The van der Waals surface area contributed by atoms with Gasteiger partial charge in [-0.2, -0.15) is 0 Å². The highest BCUT2D eigenvalue weighted by atomic mass is 32.2. The van der Waals surface area contributed by atoms with Crippen LogP contribution in [0.3, 0.4) is 0 Å². The van der Waals surface area contributed by atoms with Crippen LogP contribution in [-0.4, -0.2) is 48.2 Å². The van der Waals surface area contributed by atoms with Crippen molar-refractivity contribution in [2.75, 3.05) is 13.7 Å². The van der Waals surface area contributed by atoms with Crippen LogP contribution in [0.5, 0.6) is 11.5 Å². The minimum absolute atomic E-state index is 0.101. The molecular weight excluding hydrogens is 446 g/mol. The lowest BCUT2D eigenvalue weighted by Gasteiger charge is -2.19.